The van der Waals surface area contributed by atoms with Crippen LogP contribution in [0.5, 0.6) is 0 Å². The van der Waals surface area contributed by atoms with Gasteiger partial charge in [-0.1, -0.05) is 37.5 Å². The highest BCUT2D eigenvalue weighted by Gasteiger charge is 2.20. The molecule has 0 atom stereocenters. The van der Waals surface area contributed by atoms with E-state index >= 15 is 0 Å². The van der Waals surface area contributed by atoms with Crippen LogP contribution in [0.1, 0.15) is 55.3 Å². The minimum Gasteiger partial charge on any atom is -0.370 e. The number of benzene rings is 2. The van der Waals surface area contributed by atoms with E-state index in [-0.39, 0.29) is 18.0 Å². The Labute approximate surface area is 178 Å². The molecule has 1 saturated carbocycles. The lowest BCUT2D eigenvalue weighted by atomic mass is 9.96. The van der Waals surface area contributed by atoms with Gasteiger partial charge in [0.25, 0.3) is 5.91 Å². The molecule has 6 heteroatoms. The van der Waals surface area contributed by atoms with Crippen LogP contribution in [0.15, 0.2) is 48.5 Å². The van der Waals surface area contributed by atoms with E-state index in [1.54, 1.807) is 12.1 Å². The zero-order chi connectivity index (χ0) is 20.8. The number of anilines is 3. The minimum absolute atomic E-state index is 0.165. The number of carbonyl (C=O) groups is 2. The molecule has 3 N–H and O–H groups in total. The fourth-order valence-corrected chi connectivity index (χ4v) is 4.33. The van der Waals surface area contributed by atoms with Gasteiger partial charge in [0.2, 0.25) is 0 Å². The molecule has 3 amide bonds. The maximum Gasteiger partial charge on any atom is 0.319 e. The van der Waals surface area contributed by atoms with Crippen molar-refractivity contribution in [3.63, 3.8) is 0 Å². The zero-order valence-corrected chi connectivity index (χ0v) is 17.3. The SMILES string of the molecule is O=C(Nc1cc(NC(=O)c2ccccc2)ccc1N1CCCC1)NC1CCCCC1. The van der Waals surface area contributed by atoms with Gasteiger partial charge in [-0.15, -0.1) is 0 Å². The van der Waals surface area contributed by atoms with Crippen molar-refractivity contribution >= 4 is 29.0 Å². The molecule has 4 rings (SSSR count). The predicted octanol–water partition coefficient (Wildman–Crippen LogP) is 4.99. The van der Waals surface area contributed by atoms with Gasteiger partial charge in [0.05, 0.1) is 11.4 Å². The monoisotopic (exact) mass is 406 g/mol. The van der Waals surface area contributed by atoms with Crippen LogP contribution < -0.4 is 20.9 Å². The molecule has 2 fully saturated rings. The largest absolute Gasteiger partial charge is 0.370 e. The van der Waals surface area contributed by atoms with E-state index in [0.29, 0.717) is 11.3 Å². The number of urea groups is 1. The summed E-state index contributed by atoms with van der Waals surface area (Å²) in [7, 11) is 0. The topological polar surface area (TPSA) is 73.5 Å². The van der Waals surface area contributed by atoms with Crippen molar-refractivity contribution in [2.75, 3.05) is 28.6 Å². The predicted molar refractivity (Wildman–Crippen MR) is 121 cm³/mol. The number of hydrogen-bond acceptors (Lipinski definition) is 3. The number of amides is 3. The zero-order valence-electron chi connectivity index (χ0n) is 17.3. The molecular weight excluding hydrogens is 376 g/mol. The van der Waals surface area contributed by atoms with Crippen LogP contribution in [0.3, 0.4) is 0 Å². The Morgan fingerprint density at radius 2 is 1.57 bits per heavy atom. The van der Waals surface area contributed by atoms with Crippen LogP contribution in [-0.4, -0.2) is 31.1 Å². The molecule has 1 heterocycles. The maximum atomic E-state index is 12.7. The molecule has 0 unspecified atom stereocenters. The van der Waals surface area contributed by atoms with Crippen LogP contribution >= 0.6 is 0 Å². The van der Waals surface area contributed by atoms with Gasteiger partial charge < -0.3 is 20.9 Å². The van der Waals surface area contributed by atoms with Crippen molar-refractivity contribution in [3.05, 3.63) is 54.1 Å². The van der Waals surface area contributed by atoms with Crippen LogP contribution in [0, 0.1) is 0 Å². The van der Waals surface area contributed by atoms with E-state index in [9.17, 15) is 9.59 Å². The van der Waals surface area contributed by atoms with Crippen molar-refractivity contribution < 1.29 is 9.59 Å². The Bertz CT molecular complexity index is 872. The van der Waals surface area contributed by atoms with Crippen LogP contribution in [0.2, 0.25) is 0 Å². The van der Waals surface area contributed by atoms with Crippen molar-refractivity contribution in [1.82, 2.24) is 5.32 Å². The van der Waals surface area contributed by atoms with E-state index in [2.05, 4.69) is 20.9 Å². The molecule has 0 spiro atoms. The van der Waals surface area contributed by atoms with Gasteiger partial charge in [-0.05, 0) is 56.0 Å². The Morgan fingerprint density at radius 3 is 2.30 bits per heavy atom. The van der Waals surface area contributed by atoms with Gasteiger partial charge in [-0.3, -0.25) is 4.79 Å². The maximum absolute atomic E-state index is 12.7. The average Bonchev–Trinajstić information content (AvgIpc) is 3.30. The normalized spacial score (nSPS) is 16.9. The standard InChI is InChI=1S/C24H30N4O2/c29-23(18-9-3-1-4-10-18)25-20-13-14-22(28-15-7-8-16-28)21(17-20)27-24(30)26-19-11-5-2-6-12-19/h1,3-4,9-10,13-14,17,19H,2,5-8,11-12,15-16H2,(H,25,29)(H2,26,27,30). The minimum atomic E-state index is -0.172. The highest BCUT2D eigenvalue weighted by Crippen LogP contribution is 2.32. The van der Waals surface area contributed by atoms with Gasteiger partial charge in [-0.25, -0.2) is 4.79 Å². The Kier molecular flexibility index (Phi) is 6.52. The number of hydrogen-bond donors (Lipinski definition) is 3. The lowest BCUT2D eigenvalue weighted by molar-refractivity contribution is 0.102. The summed E-state index contributed by atoms with van der Waals surface area (Å²) >= 11 is 0. The summed E-state index contributed by atoms with van der Waals surface area (Å²) in [5.74, 6) is -0.165. The number of carbonyl (C=O) groups excluding carboxylic acids is 2. The molecule has 2 aromatic rings. The first-order valence-electron chi connectivity index (χ1n) is 11.0. The highest BCUT2D eigenvalue weighted by molar-refractivity contribution is 6.05. The van der Waals surface area contributed by atoms with E-state index < -0.39 is 0 Å². The summed E-state index contributed by atoms with van der Waals surface area (Å²) in [5, 5.41) is 9.10. The van der Waals surface area contributed by atoms with Gasteiger partial charge in [0, 0.05) is 30.4 Å². The van der Waals surface area contributed by atoms with Crippen molar-refractivity contribution in [2.45, 2.75) is 51.0 Å². The van der Waals surface area contributed by atoms with Crippen molar-refractivity contribution in [1.29, 1.82) is 0 Å². The third-order valence-corrected chi connectivity index (χ3v) is 5.93. The molecule has 2 aromatic carbocycles. The molecule has 30 heavy (non-hydrogen) atoms. The fraction of sp³-hybridized carbons (Fsp3) is 0.417. The highest BCUT2D eigenvalue weighted by atomic mass is 16.2. The van der Waals surface area contributed by atoms with E-state index in [4.69, 9.17) is 0 Å². The van der Waals surface area contributed by atoms with Crippen LogP contribution in [0.4, 0.5) is 21.9 Å². The first kappa shape index (κ1) is 20.3. The van der Waals surface area contributed by atoms with Crippen molar-refractivity contribution in [2.24, 2.45) is 0 Å². The second-order valence-electron chi connectivity index (χ2n) is 8.18. The summed E-state index contributed by atoms with van der Waals surface area (Å²) in [6, 6.07) is 14.9. The quantitative estimate of drug-likeness (QED) is 0.655. The van der Waals surface area contributed by atoms with Crippen molar-refractivity contribution in [3.8, 4) is 0 Å². The molecule has 0 aromatic heterocycles. The molecule has 2 aliphatic rings. The van der Waals surface area contributed by atoms with Gasteiger partial charge in [-0.2, -0.15) is 0 Å². The first-order valence-corrected chi connectivity index (χ1v) is 11.0. The van der Waals surface area contributed by atoms with Crippen LogP contribution in [-0.2, 0) is 0 Å². The summed E-state index contributed by atoms with van der Waals surface area (Å²) in [4.78, 5) is 27.5. The Balaban J connectivity index is 1.50. The third kappa shape index (κ3) is 5.12. The fourth-order valence-electron chi connectivity index (χ4n) is 4.33. The molecule has 1 aliphatic heterocycles. The number of nitrogens with zero attached hydrogens (tertiary/aromatic N) is 1. The van der Waals surface area contributed by atoms with E-state index in [0.717, 1.165) is 50.1 Å². The lowest BCUT2D eigenvalue weighted by Crippen LogP contribution is -2.39. The first-order chi connectivity index (χ1) is 14.7. The summed E-state index contributed by atoms with van der Waals surface area (Å²) in [5.41, 5.74) is 3.01. The van der Waals surface area contributed by atoms with Gasteiger partial charge >= 0.3 is 6.03 Å². The second-order valence-corrected chi connectivity index (χ2v) is 8.18. The summed E-state index contributed by atoms with van der Waals surface area (Å²) in [6.07, 6.45) is 7.98. The molecule has 0 radical (unpaired) electrons. The Morgan fingerprint density at radius 1 is 0.833 bits per heavy atom. The Hall–Kier alpha value is -3.02. The molecule has 0 bridgehead atoms. The van der Waals surface area contributed by atoms with E-state index in [1.165, 1.54) is 19.3 Å². The van der Waals surface area contributed by atoms with Gasteiger partial charge in [0.1, 0.15) is 0 Å². The number of rotatable bonds is 5. The van der Waals surface area contributed by atoms with Gasteiger partial charge in [0.15, 0.2) is 0 Å². The lowest BCUT2D eigenvalue weighted by Gasteiger charge is -2.25. The molecule has 1 aliphatic carbocycles. The summed E-state index contributed by atoms with van der Waals surface area (Å²) < 4.78 is 0. The third-order valence-electron chi connectivity index (χ3n) is 5.93. The van der Waals surface area contributed by atoms with Crippen LogP contribution in [0.25, 0.3) is 0 Å². The number of nitrogens with one attached hydrogen (secondary N) is 3. The molecule has 158 valence electrons. The second kappa shape index (κ2) is 9.65. The molecular formula is C24H30N4O2. The molecule has 6 nitrogen and oxygen atoms in total. The average molecular weight is 407 g/mol. The summed E-state index contributed by atoms with van der Waals surface area (Å²) in [6.45, 7) is 1.96. The molecule has 1 saturated heterocycles. The van der Waals surface area contributed by atoms with E-state index in [1.807, 2.05) is 36.4 Å². The smallest absolute Gasteiger partial charge is 0.319 e.